The maximum atomic E-state index is 14.1. The van der Waals surface area contributed by atoms with E-state index in [-0.39, 0.29) is 44.0 Å². The fraction of sp³-hybridized carbons (Fsp3) is 0.857. The molecule has 49 heavy (non-hydrogen) atoms. The molecule has 2 fully saturated rings. The van der Waals surface area contributed by atoms with Crippen LogP contribution in [0.15, 0.2) is 0 Å². The van der Waals surface area contributed by atoms with Crippen LogP contribution >= 0.6 is 0 Å². The third kappa shape index (κ3) is 13.8. The van der Waals surface area contributed by atoms with E-state index >= 15 is 0 Å². The minimum Gasteiger partial charge on any atom is -0.377 e. The molecule has 0 aromatic carbocycles. The summed E-state index contributed by atoms with van der Waals surface area (Å²) < 4.78 is 11.9. The molecule has 1 saturated carbocycles. The molecule has 7 atom stereocenters. The Labute approximate surface area is 293 Å². The maximum absolute atomic E-state index is 14.1. The molecule has 0 bridgehead atoms. The monoisotopic (exact) mass is 695 g/mol. The van der Waals surface area contributed by atoms with Crippen molar-refractivity contribution in [3.8, 4) is 0 Å². The van der Waals surface area contributed by atoms with Gasteiger partial charge < -0.3 is 47.1 Å². The van der Waals surface area contributed by atoms with Crippen LogP contribution in [0.3, 0.4) is 0 Å². The number of amides is 5. The van der Waals surface area contributed by atoms with E-state index in [0.717, 1.165) is 57.8 Å². The van der Waals surface area contributed by atoms with Crippen LogP contribution in [-0.4, -0.2) is 104 Å². The number of nitrogens with two attached hydrogens (primary N) is 2. The molecule has 1 saturated heterocycles. The quantitative estimate of drug-likeness (QED) is 0.153. The molecule has 14 heteroatoms. The molecule has 282 valence electrons. The van der Waals surface area contributed by atoms with Gasteiger partial charge in [0.25, 0.3) is 0 Å². The van der Waals surface area contributed by atoms with Gasteiger partial charge in [-0.2, -0.15) is 0 Å². The lowest BCUT2D eigenvalue weighted by Gasteiger charge is -2.36. The van der Waals surface area contributed by atoms with Gasteiger partial charge in [0.05, 0.1) is 25.2 Å². The van der Waals surface area contributed by atoms with Crippen molar-refractivity contribution in [2.75, 3.05) is 33.4 Å². The molecule has 0 spiro atoms. The smallest absolute Gasteiger partial charge is 0.246 e. The molecule has 0 aromatic rings. The van der Waals surface area contributed by atoms with Gasteiger partial charge in [0.15, 0.2) is 0 Å². The summed E-state index contributed by atoms with van der Waals surface area (Å²) in [6, 6.07) is -4.11. The molecule has 1 aliphatic heterocycles. The first-order valence-electron chi connectivity index (χ1n) is 18.5. The van der Waals surface area contributed by atoms with Crippen molar-refractivity contribution in [3.05, 3.63) is 0 Å². The number of rotatable bonds is 13. The van der Waals surface area contributed by atoms with Gasteiger partial charge in [-0.15, -0.1) is 0 Å². The molecule has 2 aliphatic rings. The van der Waals surface area contributed by atoms with Crippen LogP contribution in [-0.2, 0) is 33.4 Å². The van der Waals surface area contributed by atoms with Gasteiger partial charge in [-0.05, 0) is 44.4 Å². The zero-order chi connectivity index (χ0) is 36.5. The highest BCUT2D eigenvalue weighted by Crippen LogP contribution is 2.28. The Morgan fingerprint density at radius 1 is 0.857 bits per heavy atom. The van der Waals surface area contributed by atoms with Crippen LogP contribution in [0.4, 0.5) is 0 Å². The molecule has 0 radical (unpaired) electrons. The average Bonchev–Trinajstić information content (AvgIpc) is 3.07. The summed E-state index contributed by atoms with van der Waals surface area (Å²) in [7, 11) is 1.62. The third-order valence-corrected chi connectivity index (χ3v) is 9.58. The van der Waals surface area contributed by atoms with Gasteiger partial charge in [0, 0.05) is 20.1 Å². The van der Waals surface area contributed by atoms with E-state index in [1.807, 2.05) is 13.8 Å². The van der Waals surface area contributed by atoms with Crippen LogP contribution in [0.1, 0.15) is 105 Å². The van der Waals surface area contributed by atoms with Crippen molar-refractivity contribution in [1.29, 1.82) is 0 Å². The topological polar surface area (TPSA) is 207 Å². The molecule has 1 heterocycles. The highest BCUT2D eigenvalue weighted by molar-refractivity contribution is 5.96. The maximum Gasteiger partial charge on any atom is 0.246 e. The molecule has 8 N–H and O–H groups in total. The average molecular weight is 696 g/mol. The van der Waals surface area contributed by atoms with E-state index in [1.165, 1.54) is 4.90 Å². The fourth-order valence-corrected chi connectivity index (χ4v) is 6.67. The Hall–Kier alpha value is -2.81. The van der Waals surface area contributed by atoms with Gasteiger partial charge in [0.1, 0.15) is 30.4 Å². The second kappa shape index (κ2) is 22.1. The Balaban J connectivity index is 2.56. The molecular weight excluding hydrogens is 630 g/mol. The summed E-state index contributed by atoms with van der Waals surface area (Å²) in [5.41, 5.74) is 11.5. The van der Waals surface area contributed by atoms with E-state index in [4.69, 9.17) is 20.9 Å². The Bertz CT molecular complexity index is 1060. The number of carbonyl (C=O) groups is 5. The Morgan fingerprint density at radius 3 is 2.12 bits per heavy atom. The number of hydrogen-bond acceptors (Lipinski definition) is 9. The second-order valence-corrected chi connectivity index (χ2v) is 14.2. The van der Waals surface area contributed by atoms with Gasteiger partial charge in [-0.3, -0.25) is 24.0 Å². The van der Waals surface area contributed by atoms with E-state index in [2.05, 4.69) is 28.2 Å². The lowest BCUT2D eigenvalue weighted by Crippen LogP contribution is -2.62. The van der Waals surface area contributed by atoms with Crippen LogP contribution < -0.4 is 32.7 Å². The van der Waals surface area contributed by atoms with E-state index in [1.54, 1.807) is 20.9 Å². The molecule has 1 aliphatic carbocycles. The lowest BCUT2D eigenvalue weighted by atomic mass is 9.83. The summed E-state index contributed by atoms with van der Waals surface area (Å²) in [6.07, 6.45) is 7.76. The third-order valence-electron chi connectivity index (χ3n) is 9.58. The van der Waals surface area contributed by atoms with E-state index in [0.29, 0.717) is 12.8 Å². The molecule has 0 aromatic heterocycles. The van der Waals surface area contributed by atoms with Gasteiger partial charge in [0.2, 0.25) is 29.5 Å². The van der Waals surface area contributed by atoms with Crippen molar-refractivity contribution in [1.82, 2.24) is 26.2 Å². The summed E-state index contributed by atoms with van der Waals surface area (Å²) >= 11 is 0. The molecule has 0 unspecified atom stereocenters. The first kappa shape index (κ1) is 42.4. The number of nitrogens with zero attached hydrogens (tertiary/aromatic N) is 1. The first-order chi connectivity index (χ1) is 23.3. The predicted molar refractivity (Wildman–Crippen MR) is 188 cm³/mol. The largest absolute Gasteiger partial charge is 0.377 e. The van der Waals surface area contributed by atoms with E-state index in [9.17, 15) is 24.0 Å². The standard InChI is InChI=1S/C35H65N7O7/c1-7-8-9-13-16-29-23(4)35(47)42(6)28(19-22(2)3)33(45)41-30(25-14-11-10-12-15-25)34(46)39-26(20-37)31(43)40-27(21-48-18-17-36)32(44)38-24(5)49-29/h22-30H,7-21,36-37H2,1-6H3,(H,38,44)(H,39,46)(H,40,43)(H,41,45)/t23-,24+,26+,27+,28+,29-,30+/m1/s1. The first-order valence-corrected chi connectivity index (χ1v) is 18.5. The highest BCUT2D eigenvalue weighted by Gasteiger charge is 2.39. The van der Waals surface area contributed by atoms with Crippen molar-refractivity contribution < 1.29 is 33.4 Å². The molecular formula is C35H65N7O7. The minimum absolute atomic E-state index is 0.0736. The molecule has 14 nitrogen and oxygen atoms in total. The highest BCUT2D eigenvalue weighted by atomic mass is 16.5. The zero-order valence-corrected chi connectivity index (χ0v) is 30.8. The van der Waals surface area contributed by atoms with E-state index < -0.39 is 66.0 Å². The van der Waals surface area contributed by atoms with Crippen molar-refractivity contribution in [3.63, 3.8) is 0 Å². The minimum atomic E-state index is -1.18. The van der Waals surface area contributed by atoms with Gasteiger partial charge in [-0.25, -0.2) is 0 Å². The van der Waals surface area contributed by atoms with Crippen molar-refractivity contribution >= 4 is 29.5 Å². The summed E-state index contributed by atoms with van der Waals surface area (Å²) in [5, 5.41) is 11.2. The summed E-state index contributed by atoms with van der Waals surface area (Å²) in [5.74, 6) is -3.17. The van der Waals surface area contributed by atoms with Crippen molar-refractivity contribution in [2.45, 2.75) is 142 Å². The molecule has 2 rings (SSSR count). The van der Waals surface area contributed by atoms with Gasteiger partial charge in [-0.1, -0.05) is 72.6 Å². The normalized spacial score (nSPS) is 29.1. The zero-order valence-electron chi connectivity index (χ0n) is 30.8. The number of likely N-dealkylation sites (N-methyl/N-ethyl adjacent to an activating group) is 1. The van der Waals surface area contributed by atoms with Gasteiger partial charge >= 0.3 is 0 Å². The summed E-state index contributed by atoms with van der Waals surface area (Å²) in [6.45, 7) is 9.50. The number of hydrogen-bond donors (Lipinski definition) is 6. The van der Waals surface area contributed by atoms with Crippen LogP contribution in [0.2, 0.25) is 0 Å². The van der Waals surface area contributed by atoms with Crippen LogP contribution in [0.5, 0.6) is 0 Å². The number of nitrogens with one attached hydrogen (secondary N) is 4. The fourth-order valence-electron chi connectivity index (χ4n) is 6.67. The Morgan fingerprint density at radius 2 is 1.51 bits per heavy atom. The SMILES string of the molecule is CCCCCC[C@H]1O[C@@H](C)NC(=O)[C@H](COCCN)NC(=O)[C@H](CN)NC(=O)[C@H](C2CCCCC2)NC(=O)[C@H](CC(C)C)N(C)C(=O)[C@@H]1C. The Kier molecular flexibility index (Phi) is 19.1. The van der Waals surface area contributed by atoms with Crippen LogP contribution in [0.25, 0.3) is 0 Å². The molecule has 5 amide bonds. The summed E-state index contributed by atoms with van der Waals surface area (Å²) in [4.78, 5) is 70.6. The second-order valence-electron chi connectivity index (χ2n) is 14.2. The van der Waals surface area contributed by atoms with Crippen molar-refractivity contribution in [2.24, 2.45) is 29.2 Å². The predicted octanol–water partition coefficient (Wildman–Crippen LogP) is 1.30. The lowest BCUT2D eigenvalue weighted by molar-refractivity contribution is -0.150. The van der Waals surface area contributed by atoms with Crippen LogP contribution in [0, 0.1) is 17.8 Å². The number of unbranched alkanes of at least 4 members (excludes halogenated alkanes) is 3. The number of ether oxygens (including phenoxy) is 2. The number of carbonyl (C=O) groups excluding carboxylic acids is 5.